The third kappa shape index (κ3) is 3.17. The highest BCUT2D eigenvalue weighted by atomic mass is 15.3. The maximum absolute atomic E-state index is 6.04. The molecule has 3 aromatic heterocycles. The highest BCUT2D eigenvalue weighted by Gasteiger charge is 2.39. The van der Waals surface area contributed by atoms with E-state index in [1.165, 1.54) is 0 Å². The Morgan fingerprint density at radius 1 is 0.735 bits per heavy atom. The first kappa shape index (κ1) is 20.2. The summed E-state index contributed by atoms with van der Waals surface area (Å²) in [6.45, 7) is 0. The molecule has 2 radical (unpaired) electrons. The Morgan fingerprint density at radius 2 is 1.29 bits per heavy atom. The lowest BCUT2D eigenvalue weighted by molar-refractivity contribution is 0.460. The second-order valence-electron chi connectivity index (χ2n) is 8.35. The Kier molecular flexibility index (Phi) is 4.88. The van der Waals surface area contributed by atoms with Gasteiger partial charge >= 0.3 is 0 Å². The first-order valence-electron chi connectivity index (χ1n) is 11.2. The number of nitrogens with one attached hydrogen (secondary N) is 1. The van der Waals surface area contributed by atoms with Crippen LogP contribution in [0.5, 0.6) is 0 Å². The lowest BCUT2D eigenvalue weighted by Gasteiger charge is -2.36. The maximum atomic E-state index is 6.04. The number of rotatable bonds is 5. The third-order valence-electron chi connectivity index (χ3n) is 6.36. The van der Waals surface area contributed by atoms with Crippen LogP contribution in [0.25, 0.3) is 22.2 Å². The van der Waals surface area contributed by atoms with Gasteiger partial charge in [0.25, 0.3) is 0 Å². The van der Waals surface area contributed by atoms with E-state index in [0.717, 1.165) is 38.9 Å². The van der Waals surface area contributed by atoms with Gasteiger partial charge in [0.15, 0.2) is 0 Å². The quantitative estimate of drug-likeness (QED) is 0.303. The van der Waals surface area contributed by atoms with E-state index in [0.29, 0.717) is 5.46 Å². The molecule has 3 heterocycles. The average Bonchev–Trinajstić information content (AvgIpc) is 3.54. The van der Waals surface area contributed by atoms with Crippen molar-refractivity contribution in [3.63, 3.8) is 0 Å². The zero-order valence-corrected chi connectivity index (χ0v) is 18.5. The van der Waals surface area contributed by atoms with Crippen molar-refractivity contribution in [1.29, 1.82) is 0 Å². The second-order valence-corrected chi connectivity index (χ2v) is 8.35. The minimum atomic E-state index is -0.647. The first-order chi connectivity index (χ1) is 16.8. The topological polar surface area (TPSA) is 46.5 Å². The molecule has 0 spiro atoms. The van der Waals surface area contributed by atoms with Gasteiger partial charge in [0.1, 0.15) is 19.0 Å². The fraction of sp³-hybridized carbons (Fsp3) is 0.0345. The van der Waals surface area contributed by atoms with Crippen LogP contribution in [0, 0.1) is 0 Å². The van der Waals surface area contributed by atoms with Gasteiger partial charge in [0.05, 0.1) is 6.20 Å². The molecule has 0 aliphatic carbocycles. The first-order valence-corrected chi connectivity index (χ1v) is 11.2. The number of hydrogen-bond acceptors (Lipinski definition) is 2. The Labute approximate surface area is 199 Å². The highest BCUT2D eigenvalue weighted by Crippen LogP contribution is 2.41. The van der Waals surface area contributed by atoms with Crippen molar-refractivity contribution in [1.82, 2.24) is 19.7 Å². The largest absolute Gasteiger partial charge is 0.346 e. The van der Waals surface area contributed by atoms with E-state index in [1.54, 1.807) is 6.20 Å². The zero-order valence-electron chi connectivity index (χ0n) is 18.5. The van der Waals surface area contributed by atoms with E-state index in [-0.39, 0.29) is 0 Å². The Hall–Kier alpha value is -4.38. The van der Waals surface area contributed by atoms with Gasteiger partial charge in [-0.05, 0) is 16.7 Å². The molecule has 6 rings (SSSR count). The summed E-state index contributed by atoms with van der Waals surface area (Å²) >= 11 is 0. The fourth-order valence-electron chi connectivity index (χ4n) is 4.84. The Bertz CT molecular complexity index is 1460. The monoisotopic (exact) mass is 436 g/mol. The van der Waals surface area contributed by atoms with Gasteiger partial charge in [-0.1, -0.05) is 103 Å². The number of hydrogen-bond donors (Lipinski definition) is 1. The zero-order chi connectivity index (χ0) is 23.0. The highest BCUT2D eigenvalue weighted by molar-refractivity contribution is 6.33. The standard InChI is InChI=1S/C29H21BN4/c30-25-16-26-27(19-32-28(26)31-18-25)21-17-33-34(20-21)29(22-10-4-1-5-11-22,23-12-6-2-7-13-23)24-14-8-3-9-15-24/h1-20H,(H,31,32). The van der Waals surface area contributed by atoms with Crippen molar-refractivity contribution in [2.24, 2.45) is 0 Å². The number of nitrogens with zero attached hydrogens (tertiary/aromatic N) is 3. The van der Waals surface area contributed by atoms with Crippen LogP contribution in [0.2, 0.25) is 0 Å². The van der Waals surface area contributed by atoms with E-state index in [1.807, 2.05) is 36.7 Å². The van der Waals surface area contributed by atoms with Gasteiger partial charge in [-0.3, -0.25) is 4.68 Å². The molecule has 0 atom stereocenters. The number of benzene rings is 3. The van der Waals surface area contributed by atoms with Crippen LogP contribution in [0.4, 0.5) is 0 Å². The van der Waals surface area contributed by atoms with Gasteiger partial charge in [-0.15, -0.1) is 0 Å². The Balaban J connectivity index is 1.63. The fourth-order valence-corrected chi connectivity index (χ4v) is 4.84. The van der Waals surface area contributed by atoms with Gasteiger partial charge in [-0.25, -0.2) is 4.98 Å². The van der Waals surface area contributed by atoms with Crippen LogP contribution < -0.4 is 5.46 Å². The van der Waals surface area contributed by atoms with E-state index in [9.17, 15) is 0 Å². The van der Waals surface area contributed by atoms with Gasteiger partial charge in [0, 0.05) is 35.1 Å². The summed E-state index contributed by atoms with van der Waals surface area (Å²) in [6, 6.07) is 33.5. The van der Waals surface area contributed by atoms with E-state index in [4.69, 9.17) is 12.9 Å². The molecular formula is C29H21BN4. The molecule has 1 N–H and O–H groups in total. The molecule has 0 bridgehead atoms. The molecule has 0 amide bonds. The van der Waals surface area contributed by atoms with Crippen molar-refractivity contribution < 1.29 is 0 Å². The van der Waals surface area contributed by atoms with Crippen molar-refractivity contribution in [3.8, 4) is 11.1 Å². The summed E-state index contributed by atoms with van der Waals surface area (Å²) < 4.78 is 2.07. The summed E-state index contributed by atoms with van der Waals surface area (Å²) in [6.07, 6.45) is 7.65. The van der Waals surface area contributed by atoms with Crippen molar-refractivity contribution in [2.75, 3.05) is 0 Å². The van der Waals surface area contributed by atoms with Gasteiger partial charge in [-0.2, -0.15) is 5.10 Å². The molecule has 0 aliphatic heterocycles. The minimum Gasteiger partial charge on any atom is -0.346 e. The molecular weight excluding hydrogens is 415 g/mol. The number of pyridine rings is 1. The molecule has 0 unspecified atom stereocenters. The second kappa shape index (κ2) is 8.20. The van der Waals surface area contributed by atoms with E-state index >= 15 is 0 Å². The summed E-state index contributed by atoms with van der Waals surface area (Å²) in [7, 11) is 6.04. The van der Waals surface area contributed by atoms with Crippen LogP contribution in [-0.4, -0.2) is 27.6 Å². The molecule has 0 aliphatic rings. The summed E-state index contributed by atoms with van der Waals surface area (Å²) in [5.41, 5.74) is 6.19. The van der Waals surface area contributed by atoms with Crippen molar-refractivity contribution >= 4 is 24.3 Å². The molecule has 0 saturated heterocycles. The Morgan fingerprint density at radius 3 is 1.85 bits per heavy atom. The minimum absolute atomic E-state index is 0.632. The van der Waals surface area contributed by atoms with Crippen LogP contribution in [0.3, 0.4) is 0 Å². The summed E-state index contributed by atoms with van der Waals surface area (Å²) in [4.78, 5) is 7.67. The molecule has 5 heteroatoms. The average molecular weight is 436 g/mol. The van der Waals surface area contributed by atoms with Crippen LogP contribution >= 0.6 is 0 Å². The van der Waals surface area contributed by atoms with Gasteiger partial charge < -0.3 is 4.98 Å². The number of aromatic amines is 1. The number of aromatic nitrogens is 4. The van der Waals surface area contributed by atoms with E-state index < -0.39 is 5.54 Å². The lowest BCUT2D eigenvalue weighted by Crippen LogP contribution is -2.38. The van der Waals surface area contributed by atoms with Crippen LogP contribution in [0.15, 0.2) is 122 Å². The van der Waals surface area contributed by atoms with Crippen molar-refractivity contribution in [3.05, 3.63) is 139 Å². The number of H-pyrrole nitrogens is 1. The van der Waals surface area contributed by atoms with Crippen LogP contribution in [-0.2, 0) is 5.54 Å². The molecule has 34 heavy (non-hydrogen) atoms. The molecule has 0 fully saturated rings. The molecule has 3 aromatic carbocycles. The van der Waals surface area contributed by atoms with E-state index in [2.05, 4.69) is 93.6 Å². The molecule has 6 aromatic rings. The van der Waals surface area contributed by atoms with Gasteiger partial charge in [0.2, 0.25) is 0 Å². The molecule has 160 valence electrons. The predicted octanol–water partition coefficient (Wildman–Crippen LogP) is 5.06. The SMILES string of the molecule is [B]c1cnc2[nH]cc(-c3cnn(C(c4ccccc4)(c4ccccc4)c4ccccc4)c3)c2c1. The normalized spacial score (nSPS) is 11.6. The van der Waals surface area contributed by atoms with Crippen molar-refractivity contribution in [2.45, 2.75) is 5.54 Å². The van der Waals surface area contributed by atoms with Crippen LogP contribution in [0.1, 0.15) is 16.7 Å². The maximum Gasteiger partial charge on any atom is 0.138 e. The molecule has 4 nitrogen and oxygen atoms in total. The lowest BCUT2D eigenvalue weighted by atomic mass is 9.77. The summed E-state index contributed by atoms with van der Waals surface area (Å²) in [5.74, 6) is 0. The smallest absolute Gasteiger partial charge is 0.138 e. The number of fused-ring (bicyclic) bond motifs is 1. The molecule has 0 saturated carbocycles. The summed E-state index contributed by atoms with van der Waals surface area (Å²) in [5, 5.41) is 5.93. The predicted molar refractivity (Wildman–Crippen MR) is 137 cm³/mol. The third-order valence-corrected chi connectivity index (χ3v) is 6.36.